The summed E-state index contributed by atoms with van der Waals surface area (Å²) in [6.45, 7) is 9.77. The number of hydrogen-bond donors (Lipinski definition) is 1. The van der Waals surface area contributed by atoms with Crippen LogP contribution in [-0.2, 0) is 19.1 Å². The van der Waals surface area contributed by atoms with E-state index in [1.807, 2.05) is 62.4 Å². The maximum absolute atomic E-state index is 14.8. The van der Waals surface area contributed by atoms with Crippen molar-refractivity contribution < 1.29 is 24.2 Å². The van der Waals surface area contributed by atoms with Gasteiger partial charge in [0.25, 0.3) is 5.91 Å². The Balaban J connectivity index is 1.66. The van der Waals surface area contributed by atoms with Crippen LogP contribution in [0.1, 0.15) is 42.5 Å². The molecule has 2 bridgehead atoms. The topological polar surface area (TPSA) is 87.2 Å². The van der Waals surface area contributed by atoms with Crippen LogP contribution in [0.5, 0.6) is 0 Å². The number of fused-ring (bicyclic) bond motifs is 1. The summed E-state index contributed by atoms with van der Waals surface area (Å²) in [4.78, 5) is 45.7. The lowest BCUT2D eigenvalue weighted by atomic mass is 9.71. The van der Waals surface area contributed by atoms with Crippen molar-refractivity contribution in [3.8, 4) is 0 Å². The quantitative estimate of drug-likeness (QED) is 0.373. The summed E-state index contributed by atoms with van der Waals surface area (Å²) in [5, 5.41) is 10.6. The number of aliphatic hydroxyl groups excluding tert-OH is 1. The van der Waals surface area contributed by atoms with Crippen LogP contribution in [-0.4, -0.2) is 63.6 Å². The number of carbonyl (C=O) groups excluding carboxylic acids is 3. The standard InChI is InChI=1S/C31H36N2O5S/c1-5-16-32(22-17-19(3)12-13-20(22)4)29(36)27-31-15-14-24(39-31)25(30(37)38-6-2)26(31)28(35)33(27)23(18-34)21-10-8-7-9-11-21/h5,7-13,17,23-27,34H,1,6,14-16,18H2,2-4H3/t23-,24+,25-,26+,27?,31?/m1/s1. The molecular weight excluding hydrogens is 512 g/mol. The van der Waals surface area contributed by atoms with Gasteiger partial charge in [0.15, 0.2) is 0 Å². The number of aryl methyl sites for hydroxylation is 2. The predicted octanol–water partition coefficient (Wildman–Crippen LogP) is 4.21. The summed E-state index contributed by atoms with van der Waals surface area (Å²) >= 11 is 1.60. The Kier molecular flexibility index (Phi) is 7.62. The Labute approximate surface area is 234 Å². The molecule has 3 heterocycles. The molecule has 1 N–H and O–H groups in total. The second kappa shape index (κ2) is 10.8. The normalized spacial score (nSPS) is 27.8. The average molecular weight is 549 g/mol. The minimum atomic E-state index is -0.860. The minimum Gasteiger partial charge on any atom is -0.466 e. The number of amides is 2. The number of esters is 1. The van der Waals surface area contributed by atoms with Crippen molar-refractivity contribution >= 4 is 35.2 Å². The van der Waals surface area contributed by atoms with Gasteiger partial charge in [-0.1, -0.05) is 48.5 Å². The van der Waals surface area contributed by atoms with Gasteiger partial charge in [0.1, 0.15) is 6.04 Å². The highest BCUT2D eigenvalue weighted by atomic mass is 32.2. The highest BCUT2D eigenvalue weighted by Gasteiger charge is 2.75. The first-order valence-electron chi connectivity index (χ1n) is 13.6. The van der Waals surface area contributed by atoms with Crippen LogP contribution in [0, 0.1) is 25.7 Å². The van der Waals surface area contributed by atoms with Gasteiger partial charge in [-0.05, 0) is 56.4 Å². The number of rotatable bonds is 9. The smallest absolute Gasteiger partial charge is 0.310 e. The molecule has 7 nitrogen and oxygen atoms in total. The van der Waals surface area contributed by atoms with Crippen LogP contribution in [0.3, 0.4) is 0 Å². The lowest BCUT2D eigenvalue weighted by molar-refractivity contribution is -0.154. The number of ether oxygens (including phenoxy) is 1. The molecule has 6 atom stereocenters. The fourth-order valence-corrected chi connectivity index (χ4v) is 9.02. The zero-order valence-corrected chi connectivity index (χ0v) is 23.5. The maximum atomic E-state index is 14.8. The van der Waals surface area contributed by atoms with Crippen molar-refractivity contribution in [1.29, 1.82) is 0 Å². The molecule has 39 heavy (non-hydrogen) atoms. The van der Waals surface area contributed by atoms with Crippen LogP contribution < -0.4 is 4.90 Å². The summed E-state index contributed by atoms with van der Waals surface area (Å²) in [5.74, 6) is -2.15. The molecule has 3 aliphatic rings. The molecule has 3 saturated heterocycles. The zero-order chi connectivity index (χ0) is 27.9. The fourth-order valence-electron chi connectivity index (χ4n) is 6.84. The first-order valence-corrected chi connectivity index (χ1v) is 14.5. The molecule has 2 unspecified atom stereocenters. The monoisotopic (exact) mass is 548 g/mol. The molecule has 0 aromatic heterocycles. The lowest BCUT2D eigenvalue weighted by Gasteiger charge is -2.40. The third-order valence-electron chi connectivity index (χ3n) is 8.46. The summed E-state index contributed by atoms with van der Waals surface area (Å²) in [6.07, 6.45) is 3.07. The molecule has 0 radical (unpaired) electrons. The van der Waals surface area contributed by atoms with E-state index < -0.39 is 28.7 Å². The fraction of sp³-hybridized carbons (Fsp3) is 0.452. The predicted molar refractivity (Wildman–Crippen MR) is 152 cm³/mol. The van der Waals surface area contributed by atoms with Crippen LogP contribution >= 0.6 is 11.8 Å². The van der Waals surface area contributed by atoms with Gasteiger partial charge < -0.3 is 19.6 Å². The van der Waals surface area contributed by atoms with Gasteiger partial charge in [-0.25, -0.2) is 0 Å². The van der Waals surface area contributed by atoms with E-state index in [4.69, 9.17) is 4.74 Å². The van der Waals surface area contributed by atoms with E-state index in [9.17, 15) is 19.5 Å². The first kappa shape index (κ1) is 27.5. The van der Waals surface area contributed by atoms with Crippen molar-refractivity contribution in [3.63, 3.8) is 0 Å². The zero-order valence-electron chi connectivity index (χ0n) is 22.7. The largest absolute Gasteiger partial charge is 0.466 e. The number of carbonyl (C=O) groups is 3. The van der Waals surface area contributed by atoms with Gasteiger partial charge in [0.05, 0.1) is 35.8 Å². The molecule has 2 aromatic rings. The number of benzene rings is 2. The Hall–Kier alpha value is -3.10. The van der Waals surface area contributed by atoms with Gasteiger partial charge in [-0.2, -0.15) is 0 Å². The van der Waals surface area contributed by atoms with Gasteiger partial charge >= 0.3 is 5.97 Å². The minimum absolute atomic E-state index is 0.0756. The molecule has 8 heteroatoms. The number of nitrogens with zero attached hydrogens (tertiary/aromatic N) is 2. The van der Waals surface area contributed by atoms with Crippen LogP contribution in [0.15, 0.2) is 61.2 Å². The van der Waals surface area contributed by atoms with E-state index in [0.29, 0.717) is 6.42 Å². The first-order chi connectivity index (χ1) is 18.8. The molecule has 3 fully saturated rings. The van der Waals surface area contributed by atoms with E-state index in [1.165, 1.54) is 0 Å². The number of hydrogen-bond acceptors (Lipinski definition) is 6. The Morgan fingerprint density at radius 2 is 2.00 bits per heavy atom. The molecular formula is C31H36N2O5S. The Morgan fingerprint density at radius 1 is 1.26 bits per heavy atom. The molecule has 5 rings (SSSR count). The summed E-state index contributed by atoms with van der Waals surface area (Å²) in [6, 6.07) is 13.7. The molecule has 206 valence electrons. The van der Waals surface area contributed by atoms with Crippen LogP contribution in [0.4, 0.5) is 5.69 Å². The highest BCUT2D eigenvalue weighted by Crippen LogP contribution is 2.67. The van der Waals surface area contributed by atoms with Crippen LogP contribution in [0.2, 0.25) is 0 Å². The van der Waals surface area contributed by atoms with Crippen molar-refractivity contribution in [1.82, 2.24) is 4.90 Å². The molecule has 2 amide bonds. The number of aliphatic hydroxyl groups is 1. The summed E-state index contributed by atoms with van der Waals surface area (Å²) in [7, 11) is 0. The number of anilines is 1. The lowest BCUT2D eigenvalue weighted by Crippen LogP contribution is -2.56. The van der Waals surface area contributed by atoms with Crippen LogP contribution in [0.25, 0.3) is 0 Å². The van der Waals surface area contributed by atoms with Gasteiger partial charge in [0, 0.05) is 17.5 Å². The van der Waals surface area contributed by atoms with E-state index in [-0.39, 0.29) is 42.8 Å². The molecule has 2 aromatic carbocycles. The summed E-state index contributed by atoms with van der Waals surface area (Å²) in [5.41, 5.74) is 3.47. The average Bonchev–Trinajstić information content (AvgIpc) is 3.57. The van der Waals surface area contributed by atoms with Crippen molar-refractivity contribution in [2.45, 2.75) is 55.7 Å². The molecule has 0 aliphatic carbocycles. The maximum Gasteiger partial charge on any atom is 0.310 e. The van der Waals surface area contributed by atoms with E-state index in [2.05, 4.69) is 6.58 Å². The Bertz CT molecular complexity index is 1280. The van der Waals surface area contributed by atoms with Crippen molar-refractivity contribution in [2.24, 2.45) is 11.8 Å². The molecule has 0 saturated carbocycles. The third kappa shape index (κ3) is 4.38. The summed E-state index contributed by atoms with van der Waals surface area (Å²) < 4.78 is 4.66. The van der Waals surface area contributed by atoms with Gasteiger partial charge in [0.2, 0.25) is 5.91 Å². The Morgan fingerprint density at radius 3 is 2.67 bits per heavy atom. The van der Waals surface area contributed by atoms with E-state index in [0.717, 1.165) is 28.8 Å². The number of likely N-dealkylation sites (tertiary alicyclic amines) is 1. The van der Waals surface area contributed by atoms with Gasteiger partial charge in [-0.3, -0.25) is 14.4 Å². The molecule has 3 aliphatic heterocycles. The SMILES string of the molecule is C=CCN(C(=O)C1N([C@H](CO)c2ccccc2)C(=O)[C@@H]2[C@H](C(=O)OCC)[C@@H]3CCC12S3)c1cc(C)ccc1C. The second-order valence-electron chi connectivity index (χ2n) is 10.7. The van der Waals surface area contributed by atoms with Crippen molar-refractivity contribution in [3.05, 3.63) is 77.9 Å². The van der Waals surface area contributed by atoms with Crippen molar-refractivity contribution in [2.75, 3.05) is 24.7 Å². The third-order valence-corrected chi connectivity index (χ3v) is 10.4. The highest BCUT2D eigenvalue weighted by molar-refractivity contribution is 8.02. The number of thioether (sulfide) groups is 1. The van der Waals surface area contributed by atoms with Gasteiger partial charge in [-0.15, -0.1) is 18.3 Å². The van der Waals surface area contributed by atoms with E-state index in [1.54, 1.807) is 34.6 Å². The molecule has 1 spiro atoms. The second-order valence-corrected chi connectivity index (χ2v) is 12.3. The van der Waals surface area contributed by atoms with E-state index >= 15 is 0 Å².